The molecule has 302 valence electrons. The average molecular weight is 732 g/mol. The van der Waals surface area contributed by atoms with Crippen LogP contribution in [0.3, 0.4) is 0 Å². The van der Waals surface area contributed by atoms with E-state index in [1.807, 2.05) is 0 Å². The number of amides is 1. The topological polar surface area (TPSA) is 189 Å². The van der Waals surface area contributed by atoms with E-state index in [-0.39, 0.29) is 6.42 Å². The molecule has 9 unspecified atom stereocenters. The molecular formula is C40H77NO10. The molecule has 1 heterocycles. The fraction of sp³-hybridized carbons (Fsp3) is 0.925. The Morgan fingerprint density at radius 3 is 1.65 bits per heavy atom. The molecule has 1 aliphatic rings. The van der Waals surface area contributed by atoms with Crippen LogP contribution >= 0.6 is 0 Å². The van der Waals surface area contributed by atoms with Gasteiger partial charge in [0.1, 0.15) is 36.6 Å². The van der Waals surface area contributed by atoms with Crippen molar-refractivity contribution in [3.63, 3.8) is 0 Å². The number of aliphatic hydroxyl groups excluding tert-OH is 7. The molecule has 1 saturated heterocycles. The van der Waals surface area contributed by atoms with E-state index in [9.17, 15) is 40.5 Å². The second-order valence-electron chi connectivity index (χ2n) is 14.7. The molecule has 0 aliphatic carbocycles. The highest BCUT2D eigenvalue weighted by molar-refractivity contribution is 5.80. The van der Waals surface area contributed by atoms with Crippen LogP contribution in [0.25, 0.3) is 0 Å². The van der Waals surface area contributed by atoms with Gasteiger partial charge in [-0.2, -0.15) is 0 Å². The Morgan fingerprint density at radius 1 is 0.667 bits per heavy atom. The van der Waals surface area contributed by atoms with Gasteiger partial charge in [0.25, 0.3) is 0 Å². The third-order valence-corrected chi connectivity index (χ3v) is 10.1. The number of allylic oxidation sites excluding steroid dienone is 2. The summed E-state index contributed by atoms with van der Waals surface area (Å²) in [5.41, 5.74) is 0. The minimum Gasteiger partial charge on any atom is -0.394 e. The lowest BCUT2D eigenvalue weighted by Gasteiger charge is -2.40. The van der Waals surface area contributed by atoms with Crippen molar-refractivity contribution in [1.29, 1.82) is 0 Å². The molecule has 0 aromatic carbocycles. The van der Waals surface area contributed by atoms with Gasteiger partial charge in [0.2, 0.25) is 5.91 Å². The standard InChI is InChI=1S/C40H77NO10/c1-3-5-7-9-11-12-13-14-15-16-17-18-19-20-21-22-24-26-28-33(44)39(49)41-31(35(45)32(43)27-25-23-10-8-6-4-2)30-50-40-38(48)37(47)36(46)34(29-42)51-40/h16-17,31-38,40,42-48H,3-15,18-30H2,1-2H3,(H,41,49)/b17-16-. The van der Waals surface area contributed by atoms with Crippen molar-refractivity contribution < 1.29 is 50.0 Å². The molecule has 9 atom stereocenters. The van der Waals surface area contributed by atoms with E-state index in [0.717, 1.165) is 64.2 Å². The van der Waals surface area contributed by atoms with Crippen LogP contribution in [-0.2, 0) is 14.3 Å². The Bertz CT molecular complexity index is 846. The summed E-state index contributed by atoms with van der Waals surface area (Å²) in [6.07, 6.45) is 18.8. The Morgan fingerprint density at radius 2 is 1.14 bits per heavy atom. The predicted molar refractivity (Wildman–Crippen MR) is 201 cm³/mol. The van der Waals surface area contributed by atoms with E-state index in [1.165, 1.54) is 64.2 Å². The fourth-order valence-electron chi connectivity index (χ4n) is 6.55. The summed E-state index contributed by atoms with van der Waals surface area (Å²) in [5.74, 6) is -0.707. The minimum absolute atomic E-state index is 0.254. The molecule has 1 aliphatic heterocycles. The first-order valence-corrected chi connectivity index (χ1v) is 20.6. The van der Waals surface area contributed by atoms with Gasteiger partial charge in [-0.1, -0.05) is 142 Å². The summed E-state index contributed by atoms with van der Waals surface area (Å²) in [7, 11) is 0. The number of ether oxygens (including phenoxy) is 2. The van der Waals surface area contributed by atoms with E-state index in [2.05, 4.69) is 31.3 Å². The molecule has 0 spiro atoms. The molecule has 0 bridgehead atoms. The fourth-order valence-corrected chi connectivity index (χ4v) is 6.55. The number of aliphatic hydroxyl groups is 7. The smallest absolute Gasteiger partial charge is 0.249 e. The Hall–Kier alpha value is -1.15. The molecule has 1 rings (SSSR count). The van der Waals surface area contributed by atoms with Crippen LogP contribution in [0, 0.1) is 0 Å². The largest absolute Gasteiger partial charge is 0.394 e. The Balaban J connectivity index is 2.42. The lowest BCUT2D eigenvalue weighted by Crippen LogP contribution is -2.60. The van der Waals surface area contributed by atoms with Gasteiger partial charge in [0.15, 0.2) is 6.29 Å². The number of unbranched alkanes of at least 4 members (excludes halogenated alkanes) is 19. The first-order valence-electron chi connectivity index (χ1n) is 20.6. The number of hydrogen-bond acceptors (Lipinski definition) is 10. The van der Waals surface area contributed by atoms with Crippen LogP contribution in [0.5, 0.6) is 0 Å². The summed E-state index contributed by atoms with van der Waals surface area (Å²) in [6.45, 7) is 3.33. The minimum atomic E-state index is -1.66. The molecule has 51 heavy (non-hydrogen) atoms. The number of nitrogens with one attached hydrogen (secondary N) is 1. The van der Waals surface area contributed by atoms with E-state index in [0.29, 0.717) is 19.3 Å². The highest BCUT2D eigenvalue weighted by atomic mass is 16.7. The molecule has 8 N–H and O–H groups in total. The van der Waals surface area contributed by atoms with E-state index in [4.69, 9.17) is 9.47 Å². The highest BCUT2D eigenvalue weighted by Gasteiger charge is 2.44. The zero-order valence-electron chi connectivity index (χ0n) is 32.1. The SMILES string of the molecule is CCCCCCCCCC/C=C\CCCCCCCCC(O)C(=O)NC(COC1OC(CO)C(O)C(O)C1O)C(O)C(O)CCCCCCCC. The van der Waals surface area contributed by atoms with Gasteiger partial charge in [0, 0.05) is 0 Å². The molecule has 1 fully saturated rings. The van der Waals surface area contributed by atoms with Crippen LogP contribution in [-0.4, -0.2) is 110 Å². The van der Waals surface area contributed by atoms with Crippen LogP contribution in [0.15, 0.2) is 12.2 Å². The summed E-state index contributed by atoms with van der Waals surface area (Å²) in [5, 5.41) is 74.9. The maximum absolute atomic E-state index is 13.0. The first-order chi connectivity index (χ1) is 24.7. The van der Waals surface area contributed by atoms with Gasteiger partial charge in [-0.3, -0.25) is 4.79 Å². The van der Waals surface area contributed by atoms with Crippen LogP contribution in [0.2, 0.25) is 0 Å². The third-order valence-electron chi connectivity index (χ3n) is 10.1. The number of rotatable bonds is 33. The zero-order valence-corrected chi connectivity index (χ0v) is 32.1. The first kappa shape index (κ1) is 47.9. The molecule has 0 aromatic rings. The molecule has 11 nitrogen and oxygen atoms in total. The second kappa shape index (κ2) is 31.2. The van der Waals surface area contributed by atoms with Crippen molar-refractivity contribution in [1.82, 2.24) is 5.32 Å². The van der Waals surface area contributed by atoms with Gasteiger partial charge < -0.3 is 50.5 Å². The van der Waals surface area contributed by atoms with Gasteiger partial charge >= 0.3 is 0 Å². The summed E-state index contributed by atoms with van der Waals surface area (Å²) < 4.78 is 11.0. The third kappa shape index (κ3) is 22.0. The zero-order chi connectivity index (χ0) is 37.7. The van der Waals surface area contributed by atoms with Crippen molar-refractivity contribution in [2.24, 2.45) is 0 Å². The monoisotopic (exact) mass is 732 g/mol. The second-order valence-corrected chi connectivity index (χ2v) is 14.7. The number of hydrogen-bond donors (Lipinski definition) is 8. The quantitative estimate of drug-likeness (QED) is 0.0324. The van der Waals surface area contributed by atoms with E-state index >= 15 is 0 Å². The van der Waals surface area contributed by atoms with Crippen LogP contribution in [0.1, 0.15) is 168 Å². The van der Waals surface area contributed by atoms with Crippen molar-refractivity contribution in [3.8, 4) is 0 Å². The molecule has 11 heteroatoms. The van der Waals surface area contributed by atoms with E-state index in [1.54, 1.807) is 0 Å². The van der Waals surface area contributed by atoms with Crippen LogP contribution in [0.4, 0.5) is 0 Å². The molecular weight excluding hydrogens is 654 g/mol. The number of carbonyl (C=O) groups is 1. The number of carbonyl (C=O) groups excluding carboxylic acids is 1. The van der Waals surface area contributed by atoms with Crippen molar-refractivity contribution in [2.45, 2.75) is 223 Å². The van der Waals surface area contributed by atoms with Gasteiger partial charge in [-0.25, -0.2) is 0 Å². The predicted octanol–water partition coefficient (Wildman–Crippen LogP) is 5.33. The van der Waals surface area contributed by atoms with Crippen molar-refractivity contribution in [2.75, 3.05) is 13.2 Å². The van der Waals surface area contributed by atoms with Crippen molar-refractivity contribution in [3.05, 3.63) is 12.2 Å². The van der Waals surface area contributed by atoms with Crippen molar-refractivity contribution >= 4 is 5.91 Å². The van der Waals surface area contributed by atoms with Gasteiger partial charge in [-0.15, -0.1) is 0 Å². The molecule has 0 aromatic heterocycles. The van der Waals surface area contributed by atoms with Gasteiger partial charge in [0.05, 0.1) is 25.4 Å². The van der Waals surface area contributed by atoms with Crippen LogP contribution < -0.4 is 5.32 Å². The maximum atomic E-state index is 13.0. The Labute approximate surface area is 309 Å². The lowest BCUT2D eigenvalue weighted by atomic mass is 9.98. The lowest BCUT2D eigenvalue weighted by molar-refractivity contribution is -0.303. The van der Waals surface area contributed by atoms with E-state index < -0.39 is 74.2 Å². The normalized spacial score (nSPS) is 23.4. The molecule has 1 amide bonds. The maximum Gasteiger partial charge on any atom is 0.249 e. The summed E-state index contributed by atoms with van der Waals surface area (Å²) >= 11 is 0. The molecule has 0 saturated carbocycles. The Kier molecular flexibility index (Phi) is 29.3. The van der Waals surface area contributed by atoms with Gasteiger partial charge in [-0.05, 0) is 38.5 Å². The summed E-state index contributed by atoms with van der Waals surface area (Å²) in [4.78, 5) is 13.0. The summed E-state index contributed by atoms with van der Waals surface area (Å²) in [6, 6.07) is -1.16. The average Bonchev–Trinajstić information content (AvgIpc) is 3.13. The highest BCUT2D eigenvalue weighted by Crippen LogP contribution is 2.23. The molecule has 0 radical (unpaired) electrons.